The molecular weight excluding hydrogens is 514 g/mol. The van der Waals surface area contributed by atoms with Crippen molar-refractivity contribution in [2.45, 2.75) is 71.9 Å². The fourth-order valence-corrected chi connectivity index (χ4v) is 11.8. The Balaban J connectivity index is 1.45. The van der Waals surface area contributed by atoms with Crippen molar-refractivity contribution in [1.29, 1.82) is 0 Å². The van der Waals surface area contributed by atoms with E-state index in [-0.39, 0.29) is 28.8 Å². The largest absolute Gasteiger partial charge is 0.326 e. The van der Waals surface area contributed by atoms with Gasteiger partial charge in [0.1, 0.15) is 11.7 Å². The molecule has 0 amide bonds. The van der Waals surface area contributed by atoms with Gasteiger partial charge in [0, 0.05) is 6.04 Å². The molecule has 38 heavy (non-hydrogen) atoms. The smallest absolute Gasteiger partial charge is 0.193 e. The molecule has 2 bridgehead atoms. The van der Waals surface area contributed by atoms with Gasteiger partial charge in [0.15, 0.2) is 12.2 Å². The summed E-state index contributed by atoms with van der Waals surface area (Å²) in [4.78, 5) is 5.16. The first-order valence-electron chi connectivity index (χ1n) is 13.7. The number of aliphatic imine (C=N–C) groups is 1. The highest BCUT2D eigenvalue weighted by atomic mass is 32.4. The third-order valence-corrected chi connectivity index (χ3v) is 14.0. The fourth-order valence-electron chi connectivity index (χ4n) is 7.17. The Morgan fingerprint density at radius 3 is 2.37 bits per heavy atom. The number of hydrogen-bond acceptors (Lipinski definition) is 4. The molecule has 4 aliphatic rings. The summed E-state index contributed by atoms with van der Waals surface area (Å²) in [5.74, 6) is 1.61. The predicted molar refractivity (Wildman–Crippen MR) is 154 cm³/mol. The van der Waals surface area contributed by atoms with Crippen molar-refractivity contribution in [2.24, 2.45) is 21.7 Å². The average molecular weight is 549 g/mol. The van der Waals surface area contributed by atoms with E-state index in [1.54, 1.807) is 6.07 Å². The zero-order valence-electron chi connectivity index (χ0n) is 22.4. The van der Waals surface area contributed by atoms with Crippen LogP contribution in [0, 0.1) is 29.5 Å². The minimum absolute atomic E-state index is 0.0505. The third kappa shape index (κ3) is 3.34. The van der Waals surface area contributed by atoms with Crippen molar-refractivity contribution < 1.29 is 8.91 Å². The molecule has 2 aromatic carbocycles. The number of rotatable bonds is 5. The molecule has 1 aliphatic heterocycles. The van der Waals surface area contributed by atoms with Crippen LogP contribution in [0.1, 0.15) is 64.1 Å². The zero-order valence-corrected chi connectivity index (χ0v) is 24.1. The first kappa shape index (κ1) is 24.7. The van der Waals surface area contributed by atoms with Crippen LogP contribution >= 0.6 is 6.42 Å². The van der Waals surface area contributed by atoms with E-state index in [0.717, 1.165) is 42.4 Å². The molecule has 4 unspecified atom stereocenters. The molecule has 5 nitrogen and oxygen atoms in total. The number of nitrogens with zero attached hydrogens (tertiary/aromatic N) is 4. The first-order chi connectivity index (χ1) is 18.1. The van der Waals surface area contributed by atoms with E-state index in [1.807, 2.05) is 54.1 Å². The summed E-state index contributed by atoms with van der Waals surface area (Å²) in [6.45, 7) is 9.21. The molecule has 2 heterocycles. The maximum atomic E-state index is 15.4. The van der Waals surface area contributed by atoms with Gasteiger partial charge in [0.2, 0.25) is 0 Å². The van der Waals surface area contributed by atoms with Crippen LogP contribution in [0.4, 0.5) is 10.2 Å². The van der Waals surface area contributed by atoms with E-state index in [4.69, 9.17) is 26.4 Å². The average Bonchev–Trinajstić information content (AvgIpc) is 3.59. The zero-order chi connectivity index (χ0) is 26.4. The molecule has 7 rings (SSSR count). The van der Waals surface area contributed by atoms with Crippen molar-refractivity contribution in [2.75, 3.05) is 0 Å². The van der Waals surface area contributed by atoms with E-state index in [0.29, 0.717) is 23.1 Å². The molecule has 3 aliphatic carbocycles. The van der Waals surface area contributed by atoms with Crippen molar-refractivity contribution in [3.8, 4) is 5.69 Å². The highest BCUT2D eigenvalue weighted by Crippen LogP contribution is 2.71. The molecule has 1 aromatic heterocycles. The van der Waals surface area contributed by atoms with E-state index in [9.17, 15) is 0 Å². The summed E-state index contributed by atoms with van der Waals surface area (Å²) in [5, 5.41) is 5.89. The van der Waals surface area contributed by atoms with Crippen LogP contribution in [0.5, 0.6) is 0 Å². The van der Waals surface area contributed by atoms with Gasteiger partial charge >= 0.3 is 0 Å². The van der Waals surface area contributed by atoms with Crippen LogP contribution in [0.25, 0.3) is 5.69 Å². The molecule has 0 saturated heterocycles. The van der Waals surface area contributed by atoms with Gasteiger partial charge in [-0.05, 0) is 91.8 Å². The quantitative estimate of drug-likeness (QED) is 0.321. The van der Waals surface area contributed by atoms with Gasteiger partial charge in [-0.15, -0.1) is 0 Å². The van der Waals surface area contributed by atoms with Crippen molar-refractivity contribution in [3.05, 3.63) is 71.7 Å². The molecule has 0 radical (unpaired) electrons. The number of aromatic nitrogens is 2. The number of para-hydroxylation sites is 1. The lowest BCUT2D eigenvalue weighted by molar-refractivity contribution is 0.0352. The second-order valence-electron chi connectivity index (χ2n) is 12.2. The molecule has 0 N–H and O–H groups in total. The van der Waals surface area contributed by atoms with Crippen LogP contribution in [0.3, 0.4) is 0 Å². The van der Waals surface area contributed by atoms with Gasteiger partial charge in [0.25, 0.3) is 0 Å². The molecule has 3 aromatic rings. The second-order valence-corrected chi connectivity index (χ2v) is 15.8. The fraction of sp³-hybridized carbons (Fsp3) is 0.467. The molecule has 8 heteroatoms. The standard InChI is InChI=1S/C30H34FN4OPS/c1-19-26-28(34(33-19)21-10-6-5-7-11-21)32-27(23-12-8-9-13-24(23)31)35(22-14-15-22)37(26,38)36-25-18-20-16-17-30(25,4)29(20,2)3/h5-13,20,22,25H,14-18H2,1-4H3. The molecule has 3 saturated carbocycles. The van der Waals surface area contributed by atoms with E-state index in [1.165, 1.54) is 12.5 Å². The molecule has 4 atom stereocenters. The van der Waals surface area contributed by atoms with Crippen LogP contribution < -0.4 is 5.30 Å². The number of aryl methyl sites for hydroxylation is 1. The third-order valence-electron chi connectivity index (χ3n) is 9.99. The van der Waals surface area contributed by atoms with Crippen molar-refractivity contribution in [1.82, 2.24) is 14.5 Å². The Labute approximate surface area is 229 Å². The normalized spacial score (nSPS) is 31.4. The Kier molecular flexibility index (Phi) is 5.41. The number of hydrogen-bond donors (Lipinski definition) is 0. The maximum Gasteiger partial charge on any atom is 0.193 e. The second kappa shape index (κ2) is 8.33. The Morgan fingerprint density at radius 1 is 1.03 bits per heavy atom. The number of fused-ring (bicyclic) bond motifs is 3. The highest BCUT2D eigenvalue weighted by Gasteiger charge is 2.64. The van der Waals surface area contributed by atoms with Crippen LogP contribution in [-0.4, -0.2) is 32.4 Å². The monoisotopic (exact) mass is 548 g/mol. The van der Waals surface area contributed by atoms with Gasteiger partial charge in [-0.3, -0.25) is 0 Å². The van der Waals surface area contributed by atoms with Crippen molar-refractivity contribution >= 4 is 35.2 Å². The Morgan fingerprint density at radius 2 is 1.74 bits per heavy atom. The van der Waals surface area contributed by atoms with Crippen molar-refractivity contribution in [3.63, 3.8) is 0 Å². The summed E-state index contributed by atoms with van der Waals surface area (Å²) in [6, 6.07) is 17.1. The minimum Gasteiger partial charge on any atom is -0.326 e. The van der Waals surface area contributed by atoms with Crippen LogP contribution in [0.15, 0.2) is 59.6 Å². The summed E-state index contributed by atoms with van der Waals surface area (Å²) in [6.07, 6.45) is 2.60. The highest BCUT2D eigenvalue weighted by molar-refractivity contribution is 8.15. The van der Waals surface area contributed by atoms with Gasteiger partial charge in [0.05, 0.1) is 28.4 Å². The summed E-state index contributed by atoms with van der Waals surface area (Å²) in [5.41, 5.74) is 2.47. The topological polar surface area (TPSA) is 42.6 Å². The Hall–Kier alpha value is -2.34. The van der Waals surface area contributed by atoms with E-state index >= 15 is 4.39 Å². The molecule has 0 spiro atoms. The summed E-state index contributed by atoms with van der Waals surface area (Å²) in [7, 11) is 0. The minimum atomic E-state index is -2.88. The first-order valence-corrected chi connectivity index (χ1v) is 16.4. The number of amidine groups is 1. The molecule has 198 valence electrons. The lowest BCUT2D eigenvalue weighted by Crippen LogP contribution is -2.43. The Bertz CT molecular complexity index is 1510. The predicted octanol–water partition coefficient (Wildman–Crippen LogP) is 7.04. The van der Waals surface area contributed by atoms with E-state index in [2.05, 4.69) is 25.4 Å². The SMILES string of the molecule is Cc1nn(-c2ccccc2)c2c1P(=S)(OC1CC3CCC1(C)C3(C)C)N(C1CC1)C(c1ccccc1F)=N2. The number of benzene rings is 2. The molecule has 3 fully saturated rings. The van der Waals surface area contributed by atoms with Gasteiger partial charge in [-0.2, -0.15) is 5.10 Å². The lowest BCUT2D eigenvalue weighted by Gasteiger charge is -2.45. The van der Waals surface area contributed by atoms with Gasteiger partial charge in [-0.25, -0.2) is 14.1 Å². The van der Waals surface area contributed by atoms with Crippen LogP contribution in [0.2, 0.25) is 0 Å². The van der Waals surface area contributed by atoms with Gasteiger partial charge in [-0.1, -0.05) is 51.1 Å². The van der Waals surface area contributed by atoms with Crippen LogP contribution in [-0.2, 0) is 16.3 Å². The lowest BCUT2D eigenvalue weighted by atomic mass is 9.70. The molecular formula is C30H34FN4OPS. The maximum absolute atomic E-state index is 15.4. The number of halogens is 1. The van der Waals surface area contributed by atoms with Gasteiger partial charge < -0.3 is 9.19 Å². The summed E-state index contributed by atoms with van der Waals surface area (Å²) < 4.78 is 26.8. The van der Waals surface area contributed by atoms with E-state index < -0.39 is 6.42 Å². The summed E-state index contributed by atoms with van der Waals surface area (Å²) >= 11 is 6.75.